The Morgan fingerprint density at radius 3 is 2.56 bits per heavy atom. The van der Waals surface area contributed by atoms with Gasteiger partial charge in [-0.1, -0.05) is 0 Å². The van der Waals surface area contributed by atoms with E-state index in [2.05, 4.69) is 10.1 Å². The maximum Gasteiger partial charge on any atom is 0.280 e. The Hall–Kier alpha value is -2.34. The van der Waals surface area contributed by atoms with Crippen LogP contribution in [0, 0.1) is 6.92 Å². The minimum absolute atomic E-state index is 0.0950. The van der Waals surface area contributed by atoms with Crippen LogP contribution in [0.3, 0.4) is 0 Å². The minimum Gasteiger partial charge on any atom is -0.497 e. The highest BCUT2D eigenvalue weighted by Gasteiger charge is 2.14. The van der Waals surface area contributed by atoms with Gasteiger partial charge in [-0.05, 0) is 58.4 Å². The molecule has 0 saturated heterocycles. The number of aryl methyl sites for hydroxylation is 1. The van der Waals surface area contributed by atoms with Gasteiger partial charge in [0.2, 0.25) is 0 Å². The third-order valence-electron chi connectivity index (χ3n) is 3.87. The molecule has 0 atom stereocenters. The number of hydrogen-bond acceptors (Lipinski definition) is 4. The van der Waals surface area contributed by atoms with Gasteiger partial charge in [0, 0.05) is 24.6 Å². The van der Waals surface area contributed by atoms with Gasteiger partial charge >= 0.3 is 0 Å². The van der Waals surface area contributed by atoms with Crippen LogP contribution in [0.5, 0.6) is 5.75 Å². The first-order chi connectivity index (χ1) is 11.9. The van der Waals surface area contributed by atoms with Gasteiger partial charge in [0.05, 0.1) is 24.5 Å². The summed E-state index contributed by atoms with van der Waals surface area (Å²) in [5.41, 5.74) is 2.84. The van der Waals surface area contributed by atoms with E-state index in [1.165, 1.54) is 4.68 Å². The van der Waals surface area contributed by atoms with Gasteiger partial charge in [0.15, 0.2) is 0 Å². The summed E-state index contributed by atoms with van der Waals surface area (Å²) in [5.74, 6) is 0.752. The van der Waals surface area contributed by atoms with Crippen LogP contribution in [0.15, 0.2) is 34.1 Å². The molecular weight excluding hydrogens is 318 g/mol. The Labute approximate surface area is 148 Å². The first kappa shape index (κ1) is 19.0. The lowest BCUT2D eigenvalue weighted by molar-refractivity contribution is 0.0783. The second kappa shape index (κ2) is 8.67. The zero-order valence-corrected chi connectivity index (χ0v) is 15.6. The first-order valence-electron chi connectivity index (χ1n) is 8.53. The van der Waals surface area contributed by atoms with Crippen molar-refractivity contribution in [3.05, 3.63) is 45.9 Å². The number of nitrogens with one attached hydrogen (secondary N) is 1. The number of rotatable bonds is 8. The molecule has 0 amide bonds. The Morgan fingerprint density at radius 1 is 1.28 bits per heavy atom. The quantitative estimate of drug-likeness (QED) is 0.590. The zero-order valence-electron chi connectivity index (χ0n) is 15.6. The highest BCUT2D eigenvalue weighted by Crippen LogP contribution is 2.14. The Balaban J connectivity index is 2.16. The summed E-state index contributed by atoms with van der Waals surface area (Å²) in [7, 11) is 1.62. The molecule has 0 aliphatic heterocycles. The Morgan fingerprint density at radius 2 is 1.96 bits per heavy atom. The number of aromatic amines is 1. The molecule has 1 heterocycles. The van der Waals surface area contributed by atoms with Crippen molar-refractivity contribution in [2.75, 3.05) is 20.3 Å². The van der Waals surface area contributed by atoms with Gasteiger partial charge in [0.25, 0.3) is 5.56 Å². The van der Waals surface area contributed by atoms with Gasteiger partial charge in [-0.25, -0.2) is 4.68 Å². The van der Waals surface area contributed by atoms with E-state index in [0.717, 1.165) is 29.3 Å². The maximum absolute atomic E-state index is 12.8. The lowest BCUT2D eigenvalue weighted by atomic mass is 10.2. The van der Waals surface area contributed by atoms with Crippen LogP contribution in [0.25, 0.3) is 5.69 Å². The number of ether oxygens (including phenoxy) is 2. The first-order valence-corrected chi connectivity index (χ1v) is 8.53. The van der Waals surface area contributed by atoms with E-state index in [1.807, 2.05) is 52.0 Å². The van der Waals surface area contributed by atoms with Crippen molar-refractivity contribution in [1.82, 2.24) is 9.78 Å². The standard InChI is InChI=1S/C19H27N3O3/c1-13(2)25-12-6-11-20-14(3)18-15(4)21-22(19(18)23)16-7-9-17(24-5)10-8-16/h7-10,13,21H,6,11-12H2,1-5H3. The van der Waals surface area contributed by atoms with Crippen LogP contribution in [-0.2, 0) is 4.74 Å². The number of aliphatic imine (C=N–C) groups is 1. The van der Waals surface area contributed by atoms with Crippen molar-refractivity contribution in [3.8, 4) is 11.4 Å². The van der Waals surface area contributed by atoms with Crippen molar-refractivity contribution < 1.29 is 9.47 Å². The molecule has 0 bridgehead atoms. The summed E-state index contributed by atoms with van der Waals surface area (Å²) in [6.07, 6.45) is 1.07. The fourth-order valence-corrected chi connectivity index (χ4v) is 2.60. The van der Waals surface area contributed by atoms with Crippen molar-refractivity contribution in [3.63, 3.8) is 0 Å². The summed E-state index contributed by atoms with van der Waals surface area (Å²) in [4.78, 5) is 17.3. The number of benzene rings is 1. The summed E-state index contributed by atoms with van der Waals surface area (Å²) < 4.78 is 12.2. The second-order valence-corrected chi connectivity index (χ2v) is 6.19. The Kier molecular flexibility index (Phi) is 6.58. The molecule has 0 saturated carbocycles. The van der Waals surface area contributed by atoms with Crippen LogP contribution in [0.2, 0.25) is 0 Å². The van der Waals surface area contributed by atoms with E-state index in [4.69, 9.17) is 9.47 Å². The van der Waals surface area contributed by atoms with Crippen molar-refractivity contribution in [2.45, 2.75) is 40.2 Å². The Bertz CT molecular complexity index is 770. The molecule has 0 unspecified atom stereocenters. The topological polar surface area (TPSA) is 68.6 Å². The molecule has 2 rings (SSSR count). The number of hydrogen-bond donors (Lipinski definition) is 1. The van der Waals surface area contributed by atoms with Gasteiger partial charge < -0.3 is 9.47 Å². The zero-order chi connectivity index (χ0) is 18.4. The lowest BCUT2D eigenvalue weighted by Crippen LogP contribution is -2.20. The van der Waals surface area contributed by atoms with Crippen LogP contribution < -0.4 is 10.3 Å². The maximum atomic E-state index is 12.8. The van der Waals surface area contributed by atoms with E-state index in [-0.39, 0.29) is 11.7 Å². The number of nitrogens with zero attached hydrogens (tertiary/aromatic N) is 2. The lowest BCUT2D eigenvalue weighted by Gasteiger charge is -2.05. The largest absolute Gasteiger partial charge is 0.497 e. The molecule has 6 heteroatoms. The third-order valence-corrected chi connectivity index (χ3v) is 3.87. The monoisotopic (exact) mass is 345 g/mol. The SMILES string of the molecule is COc1ccc(-n2[nH]c(C)c(C(C)=NCCCOC(C)C)c2=O)cc1. The van der Waals surface area contributed by atoms with Gasteiger partial charge in [-0.3, -0.25) is 14.9 Å². The molecule has 0 spiro atoms. The smallest absolute Gasteiger partial charge is 0.280 e. The fraction of sp³-hybridized carbons (Fsp3) is 0.474. The van der Waals surface area contributed by atoms with Crippen LogP contribution in [0.4, 0.5) is 0 Å². The van der Waals surface area contributed by atoms with E-state index >= 15 is 0 Å². The van der Waals surface area contributed by atoms with Gasteiger partial charge in [-0.2, -0.15) is 0 Å². The molecule has 0 aliphatic carbocycles. The predicted octanol–water partition coefficient (Wildman–Crippen LogP) is 3.11. The highest BCUT2D eigenvalue weighted by atomic mass is 16.5. The fourth-order valence-electron chi connectivity index (χ4n) is 2.60. The average molecular weight is 345 g/mol. The van der Waals surface area contributed by atoms with Crippen molar-refractivity contribution in [1.29, 1.82) is 0 Å². The summed E-state index contributed by atoms with van der Waals surface area (Å²) in [6.45, 7) is 9.11. The molecule has 0 radical (unpaired) electrons. The molecule has 0 aliphatic rings. The summed E-state index contributed by atoms with van der Waals surface area (Å²) in [6, 6.07) is 7.34. The summed E-state index contributed by atoms with van der Waals surface area (Å²) >= 11 is 0. The second-order valence-electron chi connectivity index (χ2n) is 6.19. The number of H-pyrrole nitrogens is 1. The number of methoxy groups -OCH3 is 1. The minimum atomic E-state index is -0.0950. The molecule has 6 nitrogen and oxygen atoms in total. The normalized spacial score (nSPS) is 12.0. The van der Waals surface area contributed by atoms with E-state index in [0.29, 0.717) is 18.7 Å². The average Bonchev–Trinajstić information content (AvgIpc) is 2.88. The van der Waals surface area contributed by atoms with Crippen LogP contribution >= 0.6 is 0 Å². The molecule has 1 aromatic heterocycles. The van der Waals surface area contributed by atoms with Crippen molar-refractivity contribution >= 4 is 5.71 Å². The highest BCUT2D eigenvalue weighted by molar-refractivity contribution is 5.99. The predicted molar refractivity (Wildman–Crippen MR) is 100 cm³/mol. The molecular formula is C19H27N3O3. The molecule has 2 aromatic rings. The molecule has 1 N–H and O–H groups in total. The van der Waals surface area contributed by atoms with Gasteiger partial charge in [-0.15, -0.1) is 0 Å². The number of aromatic nitrogens is 2. The van der Waals surface area contributed by atoms with E-state index in [1.54, 1.807) is 7.11 Å². The van der Waals surface area contributed by atoms with Crippen LogP contribution in [-0.4, -0.2) is 41.9 Å². The summed E-state index contributed by atoms with van der Waals surface area (Å²) in [5, 5.41) is 3.12. The van der Waals surface area contributed by atoms with E-state index in [9.17, 15) is 4.79 Å². The molecule has 1 aromatic carbocycles. The molecule has 136 valence electrons. The van der Waals surface area contributed by atoms with Gasteiger partial charge in [0.1, 0.15) is 5.75 Å². The van der Waals surface area contributed by atoms with Crippen molar-refractivity contribution in [2.24, 2.45) is 4.99 Å². The van der Waals surface area contributed by atoms with Crippen LogP contribution in [0.1, 0.15) is 38.4 Å². The van der Waals surface area contributed by atoms with E-state index < -0.39 is 0 Å². The molecule has 0 fully saturated rings. The third kappa shape index (κ3) is 4.82. The molecule has 25 heavy (non-hydrogen) atoms.